The zero-order chi connectivity index (χ0) is 10.2. The van der Waals surface area contributed by atoms with Crippen LogP contribution in [0.5, 0.6) is 5.75 Å². The van der Waals surface area contributed by atoms with Crippen LogP contribution in [0, 0.1) is 0 Å². The van der Waals surface area contributed by atoms with Crippen LogP contribution in [0.25, 0.3) is 0 Å². The van der Waals surface area contributed by atoms with Gasteiger partial charge in [-0.3, -0.25) is 0 Å². The molecule has 0 aliphatic carbocycles. The predicted octanol–water partition coefficient (Wildman–Crippen LogP) is 2.66. The number of hydrogen-bond donors (Lipinski definition) is 0. The van der Waals surface area contributed by atoms with Crippen LogP contribution in [-0.4, -0.2) is 13.0 Å². The summed E-state index contributed by atoms with van der Waals surface area (Å²) in [4.78, 5) is 0. The minimum Gasteiger partial charge on any atom is -0.405 e. The monoisotopic (exact) mass is 204 g/mol. The van der Waals surface area contributed by atoms with Crippen LogP contribution in [0.2, 0.25) is 0 Å². The van der Waals surface area contributed by atoms with E-state index in [9.17, 15) is 13.2 Å². The van der Waals surface area contributed by atoms with Gasteiger partial charge in [-0.2, -0.15) is 0 Å². The van der Waals surface area contributed by atoms with Gasteiger partial charge >= 0.3 is 6.36 Å². The molecule has 2 nitrogen and oxygen atoms in total. The minimum atomic E-state index is -4.65. The van der Waals surface area contributed by atoms with E-state index < -0.39 is 6.36 Å². The Morgan fingerprint density at radius 1 is 1.29 bits per heavy atom. The van der Waals surface area contributed by atoms with Crippen LogP contribution < -0.4 is 4.74 Å². The van der Waals surface area contributed by atoms with E-state index in [1.54, 1.807) is 12.1 Å². The van der Waals surface area contributed by atoms with E-state index in [0.29, 0.717) is 12.2 Å². The number of halogens is 3. The van der Waals surface area contributed by atoms with Crippen molar-refractivity contribution in [2.45, 2.75) is 12.5 Å². The summed E-state index contributed by atoms with van der Waals surface area (Å²) in [5, 5.41) is 0. The first-order valence-corrected chi connectivity index (χ1v) is 4.02. The highest BCUT2D eigenvalue weighted by molar-refractivity contribution is 5.36. The summed E-state index contributed by atoms with van der Waals surface area (Å²) in [6.07, 6.45) is -4.89. The maximum absolute atomic E-state index is 11.9. The second-order valence-electron chi connectivity index (χ2n) is 2.91. The molecule has 1 fully saturated rings. The lowest BCUT2D eigenvalue weighted by atomic mass is 10.1. The predicted molar refractivity (Wildman–Crippen MR) is 41.8 cm³/mol. The van der Waals surface area contributed by atoms with Crippen molar-refractivity contribution < 1.29 is 22.6 Å². The fourth-order valence-corrected chi connectivity index (χ4v) is 1.19. The highest BCUT2D eigenvalue weighted by Crippen LogP contribution is 2.37. The lowest BCUT2D eigenvalue weighted by Crippen LogP contribution is -2.18. The van der Waals surface area contributed by atoms with Crippen molar-refractivity contribution in [3.8, 4) is 5.75 Å². The molecule has 0 bridgehead atoms. The van der Waals surface area contributed by atoms with E-state index in [1.807, 2.05) is 0 Å². The summed E-state index contributed by atoms with van der Waals surface area (Å²) in [5.74, 6) is -0.178. The SMILES string of the molecule is FC(F)(F)Oc1ccccc1[C@@H]1CO1. The van der Waals surface area contributed by atoms with Crippen LogP contribution >= 0.6 is 0 Å². The van der Waals surface area contributed by atoms with Gasteiger partial charge in [-0.25, -0.2) is 0 Å². The average molecular weight is 204 g/mol. The van der Waals surface area contributed by atoms with Crippen molar-refractivity contribution in [3.05, 3.63) is 29.8 Å². The van der Waals surface area contributed by atoms with Crippen LogP contribution in [0.15, 0.2) is 24.3 Å². The molecule has 0 N–H and O–H groups in total. The molecule has 0 unspecified atom stereocenters. The minimum absolute atomic E-state index is 0.178. The van der Waals surface area contributed by atoms with Gasteiger partial charge in [0.2, 0.25) is 0 Å². The molecular formula is C9H7F3O2. The Hall–Kier alpha value is -1.23. The topological polar surface area (TPSA) is 21.8 Å². The lowest BCUT2D eigenvalue weighted by molar-refractivity contribution is -0.274. The van der Waals surface area contributed by atoms with Crippen molar-refractivity contribution in [2.24, 2.45) is 0 Å². The average Bonchev–Trinajstić information content (AvgIpc) is 2.85. The largest absolute Gasteiger partial charge is 0.573 e. The smallest absolute Gasteiger partial charge is 0.405 e. The summed E-state index contributed by atoms with van der Waals surface area (Å²) in [6.45, 7) is 0.457. The Morgan fingerprint density at radius 3 is 2.50 bits per heavy atom. The van der Waals surface area contributed by atoms with Gasteiger partial charge in [0.1, 0.15) is 11.9 Å². The fraction of sp³-hybridized carbons (Fsp3) is 0.333. The molecule has 1 aromatic rings. The van der Waals surface area contributed by atoms with Gasteiger partial charge in [0.05, 0.1) is 6.61 Å². The molecule has 0 amide bonds. The summed E-state index contributed by atoms with van der Waals surface area (Å²) >= 11 is 0. The van der Waals surface area contributed by atoms with Gasteiger partial charge in [-0.05, 0) is 6.07 Å². The summed E-state index contributed by atoms with van der Waals surface area (Å²) in [5.41, 5.74) is 0.449. The highest BCUT2D eigenvalue weighted by atomic mass is 19.4. The summed E-state index contributed by atoms with van der Waals surface area (Å²) < 4.78 is 44.6. The van der Waals surface area contributed by atoms with Crippen molar-refractivity contribution in [1.82, 2.24) is 0 Å². The van der Waals surface area contributed by atoms with Crippen molar-refractivity contribution in [3.63, 3.8) is 0 Å². The molecule has 1 atom stereocenters. The standard InChI is InChI=1S/C9H7F3O2/c10-9(11,12)14-7-4-2-1-3-6(7)8-5-13-8/h1-4,8H,5H2/t8-/m0/s1. The molecule has 1 aliphatic rings. The van der Waals surface area contributed by atoms with Gasteiger partial charge < -0.3 is 9.47 Å². The third-order valence-corrected chi connectivity index (χ3v) is 1.82. The van der Waals surface area contributed by atoms with E-state index in [2.05, 4.69) is 4.74 Å². The molecule has 0 aromatic heterocycles. The fourth-order valence-electron chi connectivity index (χ4n) is 1.19. The van der Waals surface area contributed by atoms with E-state index in [1.165, 1.54) is 12.1 Å². The maximum atomic E-state index is 11.9. The van der Waals surface area contributed by atoms with Gasteiger partial charge in [-0.15, -0.1) is 13.2 Å². The zero-order valence-electron chi connectivity index (χ0n) is 7.04. The molecule has 1 aliphatic heterocycles. The third kappa shape index (κ3) is 2.17. The Bertz CT molecular complexity index is 331. The molecule has 5 heteroatoms. The van der Waals surface area contributed by atoms with E-state index in [-0.39, 0.29) is 11.9 Å². The van der Waals surface area contributed by atoms with Crippen LogP contribution in [0.4, 0.5) is 13.2 Å². The molecule has 76 valence electrons. The number of hydrogen-bond acceptors (Lipinski definition) is 2. The second kappa shape index (κ2) is 3.16. The molecule has 1 aromatic carbocycles. The molecule has 0 radical (unpaired) electrons. The van der Waals surface area contributed by atoms with Gasteiger partial charge in [0, 0.05) is 5.56 Å². The zero-order valence-corrected chi connectivity index (χ0v) is 7.04. The van der Waals surface area contributed by atoms with Crippen molar-refractivity contribution in [1.29, 1.82) is 0 Å². The van der Waals surface area contributed by atoms with Crippen LogP contribution in [0.1, 0.15) is 11.7 Å². The van der Waals surface area contributed by atoms with Gasteiger partial charge in [0.25, 0.3) is 0 Å². The molecule has 2 rings (SSSR count). The Kier molecular flexibility index (Phi) is 2.11. The Balaban J connectivity index is 2.23. The number of epoxide rings is 1. The van der Waals surface area contributed by atoms with Crippen LogP contribution in [0.3, 0.4) is 0 Å². The molecular weight excluding hydrogens is 197 g/mol. The first kappa shape index (κ1) is 9.33. The van der Waals surface area contributed by atoms with E-state index >= 15 is 0 Å². The maximum Gasteiger partial charge on any atom is 0.573 e. The number of alkyl halides is 3. The number of ether oxygens (including phenoxy) is 2. The normalized spacial score (nSPS) is 20.6. The second-order valence-corrected chi connectivity index (χ2v) is 2.91. The van der Waals surface area contributed by atoms with Crippen molar-refractivity contribution in [2.75, 3.05) is 6.61 Å². The molecule has 0 spiro atoms. The number of benzene rings is 1. The lowest BCUT2D eigenvalue weighted by Gasteiger charge is -2.11. The van der Waals surface area contributed by atoms with Gasteiger partial charge in [0.15, 0.2) is 0 Å². The third-order valence-electron chi connectivity index (χ3n) is 1.82. The van der Waals surface area contributed by atoms with E-state index in [4.69, 9.17) is 4.74 Å². The van der Waals surface area contributed by atoms with Gasteiger partial charge in [-0.1, -0.05) is 18.2 Å². The Labute approximate surface area is 78.2 Å². The number of rotatable bonds is 2. The molecule has 1 saturated heterocycles. The highest BCUT2D eigenvalue weighted by Gasteiger charge is 2.35. The molecule has 14 heavy (non-hydrogen) atoms. The quantitative estimate of drug-likeness (QED) is 0.691. The van der Waals surface area contributed by atoms with Crippen LogP contribution in [-0.2, 0) is 4.74 Å². The summed E-state index contributed by atoms with van der Waals surface area (Å²) in [7, 11) is 0. The number of para-hydroxylation sites is 1. The first-order valence-electron chi connectivity index (χ1n) is 4.02. The molecule has 1 heterocycles. The van der Waals surface area contributed by atoms with Crippen molar-refractivity contribution >= 4 is 0 Å². The summed E-state index contributed by atoms with van der Waals surface area (Å²) in [6, 6.07) is 6.00. The Morgan fingerprint density at radius 2 is 1.93 bits per heavy atom. The first-order chi connectivity index (χ1) is 6.56. The molecule has 0 saturated carbocycles. The van der Waals surface area contributed by atoms with E-state index in [0.717, 1.165) is 0 Å².